The highest BCUT2D eigenvalue weighted by atomic mass is 32.2. The van der Waals surface area contributed by atoms with Crippen LogP contribution in [0.5, 0.6) is 0 Å². The van der Waals surface area contributed by atoms with E-state index < -0.39 is 0 Å². The third-order valence-corrected chi connectivity index (χ3v) is 6.04. The molecule has 0 bridgehead atoms. The molecule has 0 saturated carbocycles. The Morgan fingerprint density at radius 3 is 2.59 bits per heavy atom. The minimum atomic E-state index is -0.0814. The quantitative estimate of drug-likeness (QED) is 0.256. The second-order valence-corrected chi connectivity index (χ2v) is 8.31. The second-order valence-electron chi connectivity index (χ2n) is 7.25. The van der Waals surface area contributed by atoms with Gasteiger partial charge in [-0.25, -0.2) is 4.98 Å². The van der Waals surface area contributed by atoms with Gasteiger partial charge in [0, 0.05) is 29.0 Å². The van der Waals surface area contributed by atoms with Crippen LogP contribution in [-0.4, -0.2) is 21.2 Å². The molecule has 1 unspecified atom stereocenters. The number of unbranched alkanes of at least 4 members (excludes halogenated alkanes) is 5. The Morgan fingerprint density at radius 2 is 1.81 bits per heavy atom. The molecule has 0 saturated heterocycles. The van der Waals surface area contributed by atoms with Crippen molar-refractivity contribution in [1.82, 2.24) is 9.55 Å². The van der Waals surface area contributed by atoms with Gasteiger partial charge in [0.2, 0.25) is 0 Å². The largest absolute Gasteiger partial charge is 0.272 e. The molecule has 1 aromatic heterocycles. The van der Waals surface area contributed by atoms with E-state index in [0.717, 1.165) is 23.5 Å². The summed E-state index contributed by atoms with van der Waals surface area (Å²) >= 11 is 1.66. The van der Waals surface area contributed by atoms with E-state index in [-0.39, 0.29) is 11.8 Å². The Kier molecular flexibility index (Phi) is 12.1. The molecule has 0 aliphatic heterocycles. The molecule has 1 heterocycles. The number of benzene rings is 1. The maximum atomic E-state index is 12.8. The lowest BCUT2D eigenvalue weighted by atomic mass is 10.0. The van der Waals surface area contributed by atoms with Gasteiger partial charge >= 0.3 is 0 Å². The highest BCUT2D eigenvalue weighted by Crippen LogP contribution is 2.27. The van der Waals surface area contributed by atoms with Gasteiger partial charge in [-0.15, -0.1) is 18.2 Å². The third kappa shape index (κ3) is 9.23. The Morgan fingerprint density at radius 1 is 1.06 bits per heavy atom. The number of aromatic nitrogens is 2. The smallest absolute Gasteiger partial charge is 0.264 e. The lowest BCUT2D eigenvalue weighted by Crippen LogP contribution is -2.11. The number of imidazole rings is 1. The maximum Gasteiger partial charge on any atom is 0.264 e. The molecular formula is C28H28N2OS. The van der Waals surface area contributed by atoms with Crippen molar-refractivity contribution >= 4 is 17.7 Å². The molecule has 0 N–H and O–H groups in total. The molecule has 0 spiro atoms. The van der Waals surface area contributed by atoms with Gasteiger partial charge in [0.05, 0.1) is 5.56 Å². The van der Waals surface area contributed by atoms with Crippen molar-refractivity contribution < 1.29 is 4.79 Å². The van der Waals surface area contributed by atoms with E-state index in [1.165, 1.54) is 43.0 Å². The lowest BCUT2D eigenvalue weighted by Gasteiger charge is -2.13. The molecule has 1 atom stereocenters. The lowest BCUT2D eigenvalue weighted by molar-refractivity contribution is 0.0957. The number of rotatable bonds is 11. The molecule has 0 amide bonds. The van der Waals surface area contributed by atoms with Crippen LogP contribution >= 0.6 is 11.8 Å². The standard InChI is InChI=1S/C28H28N2OS/c1-3-5-7-9-11-13-17-25(18-14-12-10-8-6-4-2)23-32-27-20-16-15-19-26(27)28(31)30-22-21-29-24-30/h1,15-16,19-22,24-25H,4,6,8,10,12,14,18,23H2,2H3. The number of terminal acetylenes is 1. The first-order valence-corrected chi connectivity index (χ1v) is 12.0. The van der Waals surface area contributed by atoms with Gasteiger partial charge in [-0.05, 0) is 54.1 Å². The predicted octanol–water partition coefficient (Wildman–Crippen LogP) is 5.67. The fourth-order valence-electron chi connectivity index (χ4n) is 3.11. The molecule has 0 radical (unpaired) electrons. The first-order valence-electron chi connectivity index (χ1n) is 11.0. The third-order valence-electron chi connectivity index (χ3n) is 4.80. The summed E-state index contributed by atoms with van der Waals surface area (Å²) in [6, 6.07) is 7.68. The van der Waals surface area contributed by atoms with E-state index >= 15 is 0 Å². The molecule has 32 heavy (non-hydrogen) atoms. The van der Waals surface area contributed by atoms with E-state index in [9.17, 15) is 4.79 Å². The summed E-state index contributed by atoms with van der Waals surface area (Å²) in [5.74, 6) is 19.8. The number of hydrogen-bond acceptors (Lipinski definition) is 3. The van der Waals surface area contributed by atoms with Crippen molar-refractivity contribution in [2.75, 3.05) is 5.75 Å². The highest BCUT2D eigenvalue weighted by Gasteiger charge is 2.14. The van der Waals surface area contributed by atoms with Crippen molar-refractivity contribution in [3.05, 3.63) is 48.5 Å². The number of carbonyl (C=O) groups is 1. The highest BCUT2D eigenvalue weighted by molar-refractivity contribution is 7.99. The predicted molar refractivity (Wildman–Crippen MR) is 133 cm³/mol. The number of thioether (sulfide) groups is 1. The van der Waals surface area contributed by atoms with Gasteiger partial charge in [0.1, 0.15) is 6.33 Å². The number of hydrogen-bond donors (Lipinski definition) is 0. The van der Waals surface area contributed by atoms with Crippen LogP contribution in [-0.2, 0) is 0 Å². The van der Waals surface area contributed by atoms with Gasteiger partial charge in [-0.2, -0.15) is 0 Å². The Labute approximate surface area is 196 Å². The van der Waals surface area contributed by atoms with Gasteiger partial charge in [-0.1, -0.05) is 63.5 Å². The Bertz CT molecular complexity index is 1080. The summed E-state index contributed by atoms with van der Waals surface area (Å²) in [7, 11) is 0. The molecule has 0 aliphatic carbocycles. The van der Waals surface area contributed by atoms with Crippen LogP contribution in [0.25, 0.3) is 0 Å². The first kappa shape index (κ1) is 25.0. The molecule has 0 fully saturated rings. The fraction of sp³-hybridized carbons (Fsp3) is 0.357. The summed E-state index contributed by atoms with van der Waals surface area (Å²) in [5.41, 5.74) is 0.672. The molecule has 0 aliphatic rings. The SMILES string of the molecule is C#CC#CC#CC#CC(CCCCCCCC)CSc1ccccc1C(=O)n1ccnc1. The monoisotopic (exact) mass is 440 g/mol. The summed E-state index contributed by atoms with van der Waals surface area (Å²) < 4.78 is 1.50. The first-order chi connectivity index (χ1) is 15.8. The minimum Gasteiger partial charge on any atom is -0.272 e. The van der Waals surface area contributed by atoms with Crippen molar-refractivity contribution in [3.63, 3.8) is 0 Å². The van der Waals surface area contributed by atoms with Crippen LogP contribution in [0.4, 0.5) is 0 Å². The zero-order chi connectivity index (χ0) is 22.9. The van der Waals surface area contributed by atoms with Crippen molar-refractivity contribution in [1.29, 1.82) is 0 Å². The topological polar surface area (TPSA) is 34.9 Å². The van der Waals surface area contributed by atoms with Gasteiger partial charge in [0.25, 0.3) is 5.91 Å². The summed E-state index contributed by atoms with van der Waals surface area (Å²) in [5, 5.41) is 0. The second kappa shape index (κ2) is 15.5. The molecule has 2 rings (SSSR count). The van der Waals surface area contributed by atoms with E-state index in [1.54, 1.807) is 24.2 Å². The summed E-state index contributed by atoms with van der Waals surface area (Å²) in [6.07, 6.45) is 18.4. The Hall–Kier alpha value is -3.31. The van der Waals surface area contributed by atoms with Crippen LogP contribution in [0.2, 0.25) is 0 Å². The molecule has 4 heteroatoms. The average Bonchev–Trinajstić information content (AvgIpc) is 3.36. The van der Waals surface area contributed by atoms with Crippen molar-refractivity contribution in [2.45, 2.75) is 56.8 Å². The molecule has 1 aromatic carbocycles. The van der Waals surface area contributed by atoms with E-state index in [4.69, 9.17) is 6.42 Å². The zero-order valence-corrected chi connectivity index (χ0v) is 19.4. The number of carbonyl (C=O) groups excluding carboxylic acids is 1. The van der Waals surface area contributed by atoms with Crippen LogP contribution in [0.1, 0.15) is 62.2 Å². The van der Waals surface area contributed by atoms with Crippen LogP contribution in [0.15, 0.2) is 47.9 Å². The molecular weight excluding hydrogens is 412 g/mol. The van der Waals surface area contributed by atoms with E-state index in [2.05, 4.69) is 53.4 Å². The summed E-state index contributed by atoms with van der Waals surface area (Å²) in [6.45, 7) is 2.23. The van der Waals surface area contributed by atoms with Crippen molar-refractivity contribution in [2.24, 2.45) is 5.92 Å². The number of nitrogens with zero attached hydrogens (tertiary/aromatic N) is 2. The minimum absolute atomic E-state index is 0.0814. The van der Waals surface area contributed by atoms with Gasteiger partial charge in [-0.3, -0.25) is 9.36 Å². The molecule has 3 nitrogen and oxygen atoms in total. The van der Waals surface area contributed by atoms with Crippen LogP contribution < -0.4 is 0 Å². The van der Waals surface area contributed by atoms with Gasteiger partial charge in [0.15, 0.2) is 0 Å². The van der Waals surface area contributed by atoms with Crippen molar-refractivity contribution in [3.8, 4) is 47.9 Å². The van der Waals surface area contributed by atoms with Crippen LogP contribution in [0, 0.1) is 53.8 Å². The van der Waals surface area contributed by atoms with E-state index in [0.29, 0.717) is 5.56 Å². The van der Waals surface area contributed by atoms with Crippen LogP contribution in [0.3, 0.4) is 0 Å². The molecule has 162 valence electrons. The van der Waals surface area contributed by atoms with E-state index in [1.807, 2.05) is 24.3 Å². The summed E-state index contributed by atoms with van der Waals surface area (Å²) in [4.78, 5) is 17.7. The van der Waals surface area contributed by atoms with Gasteiger partial charge < -0.3 is 0 Å². The molecule has 2 aromatic rings. The Balaban J connectivity index is 2.03. The zero-order valence-electron chi connectivity index (χ0n) is 18.6. The average molecular weight is 441 g/mol. The maximum absolute atomic E-state index is 12.8. The fourth-order valence-corrected chi connectivity index (χ4v) is 4.23. The normalized spacial score (nSPS) is 10.4.